The molecule has 1 saturated heterocycles. The van der Waals surface area contributed by atoms with Gasteiger partial charge in [-0.2, -0.15) is 5.10 Å². The molecule has 1 saturated carbocycles. The molecule has 2 fully saturated rings. The first-order chi connectivity index (χ1) is 26.2. The van der Waals surface area contributed by atoms with Crippen molar-refractivity contribution in [1.29, 1.82) is 0 Å². The second-order valence-corrected chi connectivity index (χ2v) is 23.9. The number of amides is 3. The summed E-state index contributed by atoms with van der Waals surface area (Å²) < 4.78 is 35.5. The number of ether oxygens (including phenoxy) is 3. The fourth-order valence-electron chi connectivity index (χ4n) is 7.15. The van der Waals surface area contributed by atoms with Crippen LogP contribution < -0.4 is 10.6 Å². The molecule has 2 unspecified atom stereocenters. The predicted octanol–water partition coefficient (Wildman–Crippen LogP) is 7.65. The monoisotopic (exact) mass is 792 g/mol. The maximum atomic E-state index is 14.8. The third kappa shape index (κ3) is 10.2. The fraction of sp³-hybridized carbons (Fsp3) is 0.600. The van der Waals surface area contributed by atoms with E-state index in [9.17, 15) is 18.8 Å². The molecule has 3 amide bonds. The third-order valence-corrected chi connectivity index (χ3v) is 11.6. The minimum atomic E-state index is -1.33. The molecule has 0 bridgehead atoms. The molecule has 1 aromatic carbocycles. The van der Waals surface area contributed by atoms with E-state index >= 15 is 0 Å². The Hall–Kier alpha value is -4.57. The molecule has 0 radical (unpaired) electrons. The van der Waals surface area contributed by atoms with Crippen molar-refractivity contribution >= 4 is 48.2 Å². The molecule has 1 aliphatic heterocycles. The molecule has 16 heteroatoms. The fourth-order valence-corrected chi connectivity index (χ4v) is 7.91. The number of halogens is 1. The van der Waals surface area contributed by atoms with Gasteiger partial charge in [-0.05, 0) is 97.9 Å². The highest BCUT2D eigenvalue weighted by Crippen LogP contribution is 2.34. The lowest BCUT2D eigenvalue weighted by atomic mass is 10.1. The topological polar surface area (TPSA) is 155 Å². The number of aromatic nitrogens is 5. The van der Waals surface area contributed by atoms with Gasteiger partial charge >= 0.3 is 12.2 Å². The molecule has 6 rings (SSSR count). The lowest BCUT2D eigenvalue weighted by molar-refractivity contribution is 0.0185. The summed E-state index contributed by atoms with van der Waals surface area (Å²) in [5.74, 6) is -0.696. The normalized spacial score (nSPS) is 18.4. The van der Waals surface area contributed by atoms with Gasteiger partial charge in [-0.1, -0.05) is 19.6 Å². The van der Waals surface area contributed by atoms with Crippen LogP contribution in [0.15, 0.2) is 30.6 Å². The number of carbonyl (C=O) groups excluding carboxylic acids is 3. The standard InChI is InChI=1S/C40H57FN8O6Si/c1-39(2,3)54-37(51)44-27-12-11-26(21-27)43-36(50)30-23-48(24-53-18-19-56(7,8)9)35-34(30)45-31(22-42-35)33-29-13-10-25(41)20-32(29)49(46-33)28-14-16-47(17-15-28)38(52)55-40(4,5)6/h10,13,20,22-23,26-28H,11-12,14-19,21,24H2,1-9H3,(H,43,50)(H,44,51). The highest BCUT2D eigenvalue weighted by atomic mass is 28.3. The van der Waals surface area contributed by atoms with Crippen molar-refractivity contribution in [3.05, 3.63) is 42.0 Å². The first kappa shape index (κ1) is 41.1. The maximum Gasteiger partial charge on any atom is 0.410 e. The maximum absolute atomic E-state index is 14.8. The van der Waals surface area contributed by atoms with Gasteiger partial charge in [0.05, 0.1) is 23.3 Å². The largest absolute Gasteiger partial charge is 0.444 e. The van der Waals surface area contributed by atoms with Crippen molar-refractivity contribution in [2.24, 2.45) is 0 Å². The molecular formula is C40H57FN8O6Si. The van der Waals surface area contributed by atoms with Crippen LogP contribution in [0.1, 0.15) is 90.0 Å². The summed E-state index contributed by atoms with van der Waals surface area (Å²) in [5.41, 5.74) is 1.59. The summed E-state index contributed by atoms with van der Waals surface area (Å²) in [6.07, 6.45) is 5.72. The summed E-state index contributed by atoms with van der Waals surface area (Å²) in [6, 6.07) is 5.16. The number of fused-ring (bicyclic) bond motifs is 2. The van der Waals surface area contributed by atoms with Crippen molar-refractivity contribution in [2.75, 3.05) is 19.7 Å². The molecule has 2 atom stereocenters. The minimum Gasteiger partial charge on any atom is -0.444 e. The van der Waals surface area contributed by atoms with Gasteiger partial charge in [0.25, 0.3) is 5.91 Å². The number of benzene rings is 1. The van der Waals surface area contributed by atoms with Crippen LogP contribution in [-0.2, 0) is 20.9 Å². The molecule has 1 aliphatic carbocycles. The average Bonchev–Trinajstić information content (AvgIpc) is 3.79. The number of alkyl carbamates (subject to hydrolysis) is 1. The molecule has 2 N–H and O–H groups in total. The van der Waals surface area contributed by atoms with Crippen LogP contribution in [0.4, 0.5) is 14.0 Å². The van der Waals surface area contributed by atoms with E-state index in [1.54, 1.807) is 27.9 Å². The molecule has 4 aromatic rings. The molecule has 0 spiro atoms. The summed E-state index contributed by atoms with van der Waals surface area (Å²) >= 11 is 0. The second-order valence-electron chi connectivity index (χ2n) is 18.3. The molecule has 3 aromatic heterocycles. The van der Waals surface area contributed by atoms with Gasteiger partial charge in [-0.15, -0.1) is 0 Å². The molecule has 56 heavy (non-hydrogen) atoms. The lowest BCUT2D eigenvalue weighted by Gasteiger charge is -2.33. The lowest BCUT2D eigenvalue weighted by Crippen LogP contribution is -2.42. The van der Waals surface area contributed by atoms with Gasteiger partial charge in [-0.3, -0.25) is 9.48 Å². The predicted molar refractivity (Wildman–Crippen MR) is 215 cm³/mol. The van der Waals surface area contributed by atoms with E-state index in [1.165, 1.54) is 12.1 Å². The zero-order valence-corrected chi connectivity index (χ0v) is 35.2. The number of hydrogen-bond donors (Lipinski definition) is 2. The van der Waals surface area contributed by atoms with E-state index in [4.69, 9.17) is 29.3 Å². The Morgan fingerprint density at radius 3 is 2.29 bits per heavy atom. The van der Waals surface area contributed by atoms with Crippen LogP contribution >= 0.6 is 0 Å². The SMILES string of the molecule is CC(C)(C)OC(=O)NC1CCC(NC(=O)c2cn(COCC[Si](C)(C)C)c3ncc(-c4nn(C5CCN(C(=O)OC(C)(C)C)CC5)c5cc(F)ccc45)nc23)C1. The number of nitrogens with one attached hydrogen (secondary N) is 2. The zero-order chi connectivity index (χ0) is 40.6. The van der Waals surface area contributed by atoms with Crippen molar-refractivity contribution in [1.82, 2.24) is 39.8 Å². The van der Waals surface area contributed by atoms with Gasteiger partial charge in [0, 0.05) is 51.4 Å². The highest BCUT2D eigenvalue weighted by molar-refractivity contribution is 6.76. The van der Waals surface area contributed by atoms with E-state index in [1.807, 2.05) is 46.2 Å². The Bertz CT molecular complexity index is 2070. The Morgan fingerprint density at radius 1 is 0.946 bits per heavy atom. The Kier molecular flexibility index (Phi) is 11.8. The first-order valence-electron chi connectivity index (χ1n) is 19.6. The van der Waals surface area contributed by atoms with E-state index < -0.39 is 31.2 Å². The number of carbonyl (C=O) groups is 3. The molecule has 2 aliphatic rings. The highest BCUT2D eigenvalue weighted by Gasteiger charge is 2.32. The van der Waals surface area contributed by atoms with Crippen LogP contribution in [0.5, 0.6) is 0 Å². The first-order valence-corrected chi connectivity index (χ1v) is 23.3. The minimum absolute atomic E-state index is 0.0980. The number of piperidine rings is 1. The van der Waals surface area contributed by atoms with E-state index in [2.05, 4.69) is 30.3 Å². The van der Waals surface area contributed by atoms with Gasteiger partial charge < -0.3 is 34.3 Å². The van der Waals surface area contributed by atoms with Gasteiger partial charge in [0.2, 0.25) is 0 Å². The van der Waals surface area contributed by atoms with E-state index in [0.717, 1.165) is 6.04 Å². The molecular weight excluding hydrogens is 736 g/mol. The molecule has 14 nitrogen and oxygen atoms in total. The Labute approximate surface area is 328 Å². The summed E-state index contributed by atoms with van der Waals surface area (Å²) in [4.78, 5) is 50.7. The third-order valence-electron chi connectivity index (χ3n) is 9.90. The van der Waals surface area contributed by atoms with Gasteiger partial charge in [0.15, 0.2) is 5.65 Å². The number of hydrogen-bond acceptors (Lipinski definition) is 9. The van der Waals surface area contributed by atoms with E-state index in [-0.39, 0.29) is 36.9 Å². The Morgan fingerprint density at radius 2 is 1.62 bits per heavy atom. The number of likely N-dealkylation sites (tertiary alicyclic amines) is 1. The van der Waals surface area contributed by atoms with E-state index in [0.29, 0.717) is 90.8 Å². The smallest absolute Gasteiger partial charge is 0.410 e. The number of nitrogens with zero attached hydrogens (tertiary/aromatic N) is 6. The second kappa shape index (κ2) is 16.1. The van der Waals surface area contributed by atoms with Crippen LogP contribution in [0.25, 0.3) is 33.5 Å². The summed E-state index contributed by atoms with van der Waals surface area (Å²) in [7, 11) is -1.33. The van der Waals surface area contributed by atoms with Crippen molar-refractivity contribution in [3.63, 3.8) is 0 Å². The van der Waals surface area contributed by atoms with Crippen molar-refractivity contribution < 1.29 is 33.0 Å². The summed E-state index contributed by atoms with van der Waals surface area (Å²) in [5, 5.41) is 11.8. The molecule has 4 heterocycles. The van der Waals surface area contributed by atoms with Crippen LogP contribution in [0, 0.1) is 5.82 Å². The van der Waals surface area contributed by atoms with Crippen molar-refractivity contribution in [3.8, 4) is 11.4 Å². The average molecular weight is 793 g/mol. The molecule has 304 valence electrons. The Balaban J connectivity index is 1.27. The quantitative estimate of drug-likeness (QED) is 0.122. The summed E-state index contributed by atoms with van der Waals surface area (Å²) in [6.45, 7) is 19.6. The van der Waals surface area contributed by atoms with Gasteiger partial charge in [0.1, 0.15) is 40.7 Å². The van der Waals surface area contributed by atoms with Gasteiger partial charge in [-0.25, -0.2) is 23.9 Å². The van der Waals surface area contributed by atoms with Crippen molar-refractivity contribution in [2.45, 2.75) is 135 Å². The van der Waals surface area contributed by atoms with Crippen LogP contribution in [0.2, 0.25) is 25.7 Å². The van der Waals surface area contributed by atoms with Crippen LogP contribution in [0.3, 0.4) is 0 Å². The zero-order valence-electron chi connectivity index (χ0n) is 34.2. The number of rotatable bonds is 10. The van der Waals surface area contributed by atoms with Crippen LogP contribution in [-0.4, -0.2) is 98.4 Å².